The second-order valence-corrected chi connectivity index (χ2v) is 10.1. The van der Waals surface area contributed by atoms with Gasteiger partial charge in [-0.1, -0.05) is 51.0 Å². The number of carboxylic acid groups (broad SMARTS) is 2. The lowest BCUT2D eigenvalue weighted by Crippen LogP contribution is -2.35. The van der Waals surface area contributed by atoms with Gasteiger partial charge in [0, 0.05) is 51.5 Å². The molecule has 3 aliphatic heterocycles. The summed E-state index contributed by atoms with van der Waals surface area (Å²) in [7, 11) is 4.68. The van der Waals surface area contributed by atoms with Crippen molar-refractivity contribution in [3.05, 3.63) is 47.5 Å². The summed E-state index contributed by atoms with van der Waals surface area (Å²) in [6.07, 6.45) is 13.5. The fourth-order valence-corrected chi connectivity index (χ4v) is 3.51. The summed E-state index contributed by atoms with van der Waals surface area (Å²) in [6.45, 7) is 7.34. The maximum absolute atomic E-state index is 11.0. The zero-order valence-electron chi connectivity index (χ0n) is 27.9. The maximum Gasteiger partial charge on any atom is 0.338 e. The number of esters is 2. The van der Waals surface area contributed by atoms with Gasteiger partial charge < -0.3 is 35.2 Å². The number of aliphatic carboxylic acids is 1. The molecule has 0 spiro atoms. The normalized spacial score (nSPS) is 16.0. The molecule has 3 unspecified atom stereocenters. The number of aliphatic imine (C=N–C) groups is 3. The Morgan fingerprint density at radius 3 is 1.43 bits per heavy atom. The largest absolute Gasteiger partial charge is 0.481 e. The molecule has 0 fully saturated rings. The van der Waals surface area contributed by atoms with E-state index in [-0.39, 0.29) is 84.8 Å². The van der Waals surface area contributed by atoms with Crippen LogP contribution in [0.4, 0.5) is 0 Å². The lowest BCUT2D eigenvalue weighted by Gasteiger charge is -2.23. The second-order valence-electron chi connectivity index (χ2n) is 9.19. The van der Waals surface area contributed by atoms with Crippen LogP contribution in [0.2, 0.25) is 0 Å². The number of nitrogens with one attached hydrogen (secondary N) is 2. The number of hydrogen-bond acceptors (Lipinski definition) is 16. The Morgan fingerprint density at radius 1 is 0.722 bits per heavy atom. The number of rotatable bonds is 4. The average Bonchev–Trinajstić information content (AvgIpc) is 3.14. The van der Waals surface area contributed by atoms with Crippen molar-refractivity contribution in [3.63, 3.8) is 0 Å². The molecule has 54 heavy (non-hydrogen) atoms. The highest BCUT2D eigenvalue weighted by atomic mass is 79.9. The third kappa shape index (κ3) is 30.8. The molecular weight excluding hydrogens is 792 g/mol. The van der Waals surface area contributed by atoms with Crippen molar-refractivity contribution in [1.29, 1.82) is 0 Å². The van der Waals surface area contributed by atoms with Crippen molar-refractivity contribution in [1.82, 2.24) is 35.5 Å². The Balaban J connectivity index is -0.0000000988. The molecule has 0 saturated carbocycles. The van der Waals surface area contributed by atoms with Gasteiger partial charge in [-0.2, -0.15) is 0 Å². The van der Waals surface area contributed by atoms with E-state index >= 15 is 0 Å². The molecule has 312 valence electrons. The third-order valence-electron chi connectivity index (χ3n) is 5.61. The van der Waals surface area contributed by atoms with Gasteiger partial charge in [0.25, 0.3) is 0 Å². The van der Waals surface area contributed by atoms with Crippen LogP contribution >= 0.6 is 28.3 Å². The first kappa shape index (κ1) is 64.2. The topological polar surface area (TPSA) is 243 Å². The minimum Gasteiger partial charge on any atom is -0.481 e. The van der Waals surface area contributed by atoms with Crippen molar-refractivity contribution >= 4 is 71.2 Å². The van der Waals surface area contributed by atoms with Crippen LogP contribution in [-0.4, -0.2) is 138 Å². The van der Waals surface area contributed by atoms with Crippen molar-refractivity contribution in [2.45, 2.75) is 51.0 Å². The van der Waals surface area contributed by atoms with Crippen molar-refractivity contribution < 1.29 is 38.9 Å². The zero-order chi connectivity index (χ0) is 36.2. The molecule has 18 nitrogen and oxygen atoms in total. The number of nitrogens with zero attached hydrogens (tertiary/aromatic N) is 8. The molecule has 0 amide bonds. The molecule has 2 aromatic rings. The maximum atomic E-state index is 11.0. The molecule has 2 aromatic heterocycles. The van der Waals surface area contributed by atoms with Gasteiger partial charge >= 0.3 is 23.9 Å². The van der Waals surface area contributed by atoms with Crippen LogP contribution < -0.4 is 10.6 Å². The lowest BCUT2D eigenvalue weighted by molar-refractivity contribution is -0.146. The summed E-state index contributed by atoms with van der Waals surface area (Å²) >= 11 is 3.19. The molecule has 0 aliphatic carbocycles. The zero-order valence-corrected chi connectivity index (χ0v) is 30.3. The van der Waals surface area contributed by atoms with E-state index in [1.165, 1.54) is 39.3 Å². The Hall–Kier alpha value is -4.78. The minimum absolute atomic E-state index is 0. The molecule has 20 heteroatoms. The average molecular weight is 856 g/mol. The van der Waals surface area contributed by atoms with Crippen molar-refractivity contribution in [2.75, 3.05) is 60.5 Å². The Kier molecular flexibility index (Phi) is 48.7. The van der Waals surface area contributed by atoms with Gasteiger partial charge in [0.1, 0.15) is 12.7 Å². The number of methoxy groups -OCH3 is 2. The smallest absolute Gasteiger partial charge is 0.338 e. The van der Waals surface area contributed by atoms with E-state index in [0.717, 1.165) is 4.47 Å². The monoisotopic (exact) mass is 854 g/mol. The minimum atomic E-state index is -1.00. The van der Waals surface area contributed by atoms with Crippen LogP contribution in [0, 0.1) is 17.8 Å². The summed E-state index contributed by atoms with van der Waals surface area (Å²) in [4.78, 5) is 70.2. The number of halogens is 2. The van der Waals surface area contributed by atoms with Crippen LogP contribution in [0.1, 0.15) is 61.3 Å². The highest BCUT2D eigenvalue weighted by Crippen LogP contribution is 2.06. The number of aromatic carboxylic acids is 1. The summed E-state index contributed by atoms with van der Waals surface area (Å²) in [5.41, 5.74) is 0.109. The van der Waals surface area contributed by atoms with Crippen LogP contribution in [0.3, 0.4) is 0 Å². The molecule has 0 bridgehead atoms. The molecule has 0 radical (unpaired) electrons. The first-order valence-electron chi connectivity index (χ1n) is 14.5. The number of ether oxygens (including phenoxy) is 2. The van der Waals surface area contributed by atoms with Crippen LogP contribution in [0.25, 0.3) is 0 Å². The fraction of sp³-hybridized carbons (Fsp3) is 0.559. The SMILES string of the molecule is Brc1cncnc1.C.C.C.C.C.CC.COC(=O)C1CN=CN(C)C1.COC(=O)C1CN=CNC1.Cl.O=C(O)C1CN=CNC1.O=C(O)c1cncnc1. The van der Waals surface area contributed by atoms with E-state index in [1.807, 2.05) is 25.8 Å². The van der Waals surface area contributed by atoms with E-state index in [0.29, 0.717) is 39.3 Å². The van der Waals surface area contributed by atoms with Gasteiger partial charge in [-0.3, -0.25) is 29.4 Å². The quantitative estimate of drug-likeness (QED) is 0.309. The number of carboxylic acids is 2. The Labute approximate surface area is 336 Å². The van der Waals surface area contributed by atoms with E-state index in [1.54, 1.807) is 31.4 Å². The van der Waals surface area contributed by atoms with Gasteiger partial charge in [-0.05, 0) is 15.9 Å². The summed E-state index contributed by atoms with van der Waals surface area (Å²) < 4.78 is 10.0. The Morgan fingerprint density at radius 2 is 1.13 bits per heavy atom. The van der Waals surface area contributed by atoms with E-state index in [9.17, 15) is 19.2 Å². The molecule has 5 heterocycles. The number of hydrogen-bond donors (Lipinski definition) is 4. The second kappa shape index (κ2) is 41.0. The van der Waals surface area contributed by atoms with Crippen LogP contribution in [0.5, 0.6) is 0 Å². The molecule has 0 saturated heterocycles. The number of carbonyl (C=O) groups is 4. The predicted molar refractivity (Wildman–Crippen MR) is 222 cm³/mol. The van der Waals surface area contributed by atoms with Gasteiger partial charge in [-0.15, -0.1) is 12.4 Å². The van der Waals surface area contributed by atoms with E-state index < -0.39 is 11.9 Å². The summed E-state index contributed by atoms with van der Waals surface area (Å²) in [6, 6.07) is 0. The highest BCUT2D eigenvalue weighted by Gasteiger charge is 2.22. The summed E-state index contributed by atoms with van der Waals surface area (Å²) in [5.74, 6) is -2.67. The molecule has 4 N–H and O–H groups in total. The molecule has 3 atom stereocenters. The van der Waals surface area contributed by atoms with Crippen molar-refractivity contribution in [2.24, 2.45) is 32.7 Å². The van der Waals surface area contributed by atoms with E-state index in [2.05, 4.69) is 71.0 Å². The lowest BCUT2D eigenvalue weighted by atomic mass is 10.1. The van der Waals surface area contributed by atoms with Crippen LogP contribution in [-0.2, 0) is 23.9 Å². The third-order valence-corrected chi connectivity index (χ3v) is 6.02. The fourth-order valence-electron chi connectivity index (χ4n) is 3.27. The van der Waals surface area contributed by atoms with Crippen LogP contribution in [0.15, 0.2) is 56.9 Å². The molecule has 5 rings (SSSR count). The summed E-state index contributed by atoms with van der Waals surface area (Å²) in [5, 5.41) is 22.3. The highest BCUT2D eigenvalue weighted by molar-refractivity contribution is 9.10. The van der Waals surface area contributed by atoms with Gasteiger partial charge in [0.15, 0.2) is 0 Å². The van der Waals surface area contributed by atoms with E-state index in [4.69, 9.17) is 10.2 Å². The standard InChI is InChI=1S/C7H12N2O2.C6H10N2O2.C5H8N2O2.C5H4N2O2.C4H3BrN2.C2H6.5CH4.ClH/c1-9-4-6(3-8-5-9)7(10)11-2;1-10-6(9)5-2-7-4-8-3-5;2*8-5(9)4-1-6-3-7-2-4;5-4-1-6-3-7-2-4;1-2;;;;;;/h5-6H,3-4H2,1-2H3;4-5H,2-3H2,1H3,(H,7,8);3-4H,1-2H2,(H,6,7)(H,8,9);1-3H,(H,8,9);1-3H;1-2H3;5*1H4;1H. The predicted octanol–water partition coefficient (Wildman–Crippen LogP) is 4.52. The molecule has 0 aromatic carbocycles. The molecule has 3 aliphatic rings. The first-order chi connectivity index (χ1) is 23.1. The first-order valence-corrected chi connectivity index (χ1v) is 15.3. The number of carbonyl (C=O) groups excluding carboxylic acids is 2. The van der Waals surface area contributed by atoms with Gasteiger partial charge in [-0.25, -0.2) is 24.7 Å². The van der Waals surface area contributed by atoms with Gasteiger partial charge in [0.05, 0.1) is 80.7 Å². The Bertz CT molecular complexity index is 1300. The molecular formula is C34H64BrClN10O8. The van der Waals surface area contributed by atoms with Gasteiger partial charge in [0.2, 0.25) is 0 Å². The number of aromatic nitrogens is 4. The van der Waals surface area contributed by atoms with Crippen molar-refractivity contribution in [3.8, 4) is 0 Å².